The zero-order valence-electron chi connectivity index (χ0n) is 11.7. The average molecular weight is 317 g/mol. The largest absolute Gasteiger partial charge is 0.479 e. The summed E-state index contributed by atoms with van der Waals surface area (Å²) in [7, 11) is 0.649. The van der Waals surface area contributed by atoms with E-state index in [1.165, 1.54) is 6.33 Å². The first kappa shape index (κ1) is 15.2. The molecule has 0 aliphatic carbocycles. The number of nitrogens with zero attached hydrogens (tertiary/aromatic N) is 4. The molecular weight excluding hydrogens is 300 g/mol. The molecule has 2 heterocycles. The molecule has 2 unspecified atom stereocenters. The lowest BCUT2D eigenvalue weighted by molar-refractivity contribution is 0.401. The number of aryl methyl sites for hydroxylation is 1. The molecule has 0 saturated heterocycles. The Balaban J connectivity index is 2.59. The summed E-state index contributed by atoms with van der Waals surface area (Å²) in [6.45, 7) is 1.99. The van der Waals surface area contributed by atoms with E-state index in [4.69, 9.17) is 16.3 Å². The number of aromatic nitrogens is 4. The Morgan fingerprint density at radius 3 is 2.85 bits per heavy atom. The fraction of sp³-hybridized carbons (Fsp3) is 0.583. The van der Waals surface area contributed by atoms with Gasteiger partial charge in [-0.05, 0) is 6.92 Å². The van der Waals surface area contributed by atoms with E-state index in [0.717, 1.165) is 5.82 Å². The standard InChI is InChI=1S/C12H17ClN4O2S/c1-8(6-20(3)18)17-9(4-5-13)16-10-11(17)14-7-15-12(10)19-2/h7-8H,4-6H2,1-3H3. The van der Waals surface area contributed by atoms with Gasteiger partial charge in [0.1, 0.15) is 12.2 Å². The van der Waals surface area contributed by atoms with Gasteiger partial charge in [0, 0.05) is 41.2 Å². The lowest BCUT2D eigenvalue weighted by Gasteiger charge is -2.15. The van der Waals surface area contributed by atoms with Crippen molar-refractivity contribution in [3.8, 4) is 5.88 Å². The van der Waals surface area contributed by atoms with Crippen LogP contribution in [0.2, 0.25) is 0 Å². The van der Waals surface area contributed by atoms with Crippen LogP contribution in [0.1, 0.15) is 18.8 Å². The molecular formula is C12H17ClN4O2S. The molecule has 2 atom stereocenters. The van der Waals surface area contributed by atoms with E-state index in [1.54, 1.807) is 13.4 Å². The molecule has 2 aromatic heterocycles. The van der Waals surface area contributed by atoms with Crippen molar-refractivity contribution in [2.75, 3.05) is 25.0 Å². The van der Waals surface area contributed by atoms with Crippen LogP contribution >= 0.6 is 11.6 Å². The number of methoxy groups -OCH3 is 1. The second kappa shape index (κ2) is 6.49. The summed E-state index contributed by atoms with van der Waals surface area (Å²) in [5, 5.41) is 0. The third-order valence-electron chi connectivity index (χ3n) is 2.94. The van der Waals surface area contributed by atoms with Gasteiger partial charge in [0.05, 0.1) is 7.11 Å². The number of ether oxygens (including phenoxy) is 1. The minimum Gasteiger partial charge on any atom is -0.479 e. The highest BCUT2D eigenvalue weighted by atomic mass is 35.5. The molecule has 0 N–H and O–H groups in total. The number of rotatable bonds is 6. The van der Waals surface area contributed by atoms with E-state index in [9.17, 15) is 4.21 Å². The lowest BCUT2D eigenvalue weighted by Crippen LogP contribution is -2.16. The first-order valence-corrected chi connectivity index (χ1v) is 8.46. The number of alkyl halides is 1. The van der Waals surface area contributed by atoms with Crippen LogP contribution in [-0.2, 0) is 17.2 Å². The van der Waals surface area contributed by atoms with Crippen LogP contribution in [0.15, 0.2) is 6.33 Å². The topological polar surface area (TPSA) is 69.9 Å². The van der Waals surface area contributed by atoms with Crippen molar-refractivity contribution in [3.05, 3.63) is 12.2 Å². The maximum Gasteiger partial charge on any atom is 0.245 e. The summed E-state index contributed by atoms with van der Waals surface area (Å²) in [6, 6.07) is 0.0173. The predicted molar refractivity (Wildman–Crippen MR) is 79.9 cm³/mol. The number of hydrogen-bond acceptors (Lipinski definition) is 5. The smallest absolute Gasteiger partial charge is 0.245 e. The van der Waals surface area contributed by atoms with Gasteiger partial charge in [-0.25, -0.2) is 9.97 Å². The van der Waals surface area contributed by atoms with Crippen LogP contribution in [-0.4, -0.2) is 48.7 Å². The number of hydrogen-bond donors (Lipinski definition) is 0. The summed E-state index contributed by atoms with van der Waals surface area (Å²) >= 11 is 5.84. The van der Waals surface area contributed by atoms with E-state index in [1.807, 2.05) is 11.5 Å². The molecule has 0 bridgehead atoms. The van der Waals surface area contributed by atoms with Crippen LogP contribution in [0, 0.1) is 0 Å². The molecule has 0 amide bonds. The van der Waals surface area contributed by atoms with Gasteiger partial charge in [0.15, 0.2) is 11.2 Å². The van der Waals surface area contributed by atoms with Crippen LogP contribution in [0.4, 0.5) is 0 Å². The van der Waals surface area contributed by atoms with Crippen LogP contribution < -0.4 is 4.74 Å². The summed E-state index contributed by atoms with van der Waals surface area (Å²) in [6.07, 6.45) is 3.74. The first-order valence-electron chi connectivity index (χ1n) is 6.20. The number of halogens is 1. The third-order valence-corrected chi connectivity index (χ3v) is 4.09. The highest BCUT2D eigenvalue weighted by Gasteiger charge is 2.20. The zero-order valence-corrected chi connectivity index (χ0v) is 13.2. The van der Waals surface area contributed by atoms with Crippen molar-refractivity contribution < 1.29 is 8.95 Å². The fourth-order valence-electron chi connectivity index (χ4n) is 2.22. The molecule has 20 heavy (non-hydrogen) atoms. The van der Waals surface area contributed by atoms with Crippen molar-refractivity contribution in [1.29, 1.82) is 0 Å². The molecule has 0 aliphatic heterocycles. The van der Waals surface area contributed by atoms with Gasteiger partial charge in [-0.2, -0.15) is 4.98 Å². The van der Waals surface area contributed by atoms with Crippen LogP contribution in [0.3, 0.4) is 0 Å². The number of fused-ring (bicyclic) bond motifs is 1. The number of imidazole rings is 1. The summed E-state index contributed by atoms with van der Waals surface area (Å²) < 4.78 is 18.7. The van der Waals surface area contributed by atoms with Crippen molar-refractivity contribution in [2.24, 2.45) is 0 Å². The van der Waals surface area contributed by atoms with E-state index >= 15 is 0 Å². The molecule has 2 rings (SSSR count). The predicted octanol–water partition coefficient (Wildman–Crippen LogP) is 1.56. The highest BCUT2D eigenvalue weighted by Crippen LogP contribution is 2.25. The first-order chi connectivity index (χ1) is 9.58. The van der Waals surface area contributed by atoms with Crippen molar-refractivity contribution in [3.63, 3.8) is 0 Å². The van der Waals surface area contributed by atoms with E-state index < -0.39 is 10.8 Å². The Kier molecular flexibility index (Phi) is 4.93. The lowest BCUT2D eigenvalue weighted by atomic mass is 10.3. The molecule has 8 heteroatoms. The molecule has 0 aromatic carbocycles. The maximum atomic E-state index is 11.5. The molecule has 2 aromatic rings. The highest BCUT2D eigenvalue weighted by molar-refractivity contribution is 7.84. The van der Waals surface area contributed by atoms with Gasteiger partial charge < -0.3 is 9.30 Å². The van der Waals surface area contributed by atoms with Crippen molar-refractivity contribution >= 4 is 33.6 Å². The Morgan fingerprint density at radius 1 is 1.50 bits per heavy atom. The zero-order chi connectivity index (χ0) is 14.7. The molecule has 0 radical (unpaired) electrons. The Hall–Kier alpha value is -1.21. The minimum absolute atomic E-state index is 0.0173. The van der Waals surface area contributed by atoms with Crippen LogP contribution in [0.5, 0.6) is 5.88 Å². The molecule has 0 aliphatic rings. The normalized spacial score (nSPS) is 14.4. The van der Waals surface area contributed by atoms with Crippen molar-refractivity contribution in [2.45, 2.75) is 19.4 Å². The van der Waals surface area contributed by atoms with Crippen molar-refractivity contribution in [1.82, 2.24) is 19.5 Å². The second-order valence-electron chi connectivity index (χ2n) is 4.48. The van der Waals surface area contributed by atoms with Gasteiger partial charge in [0.2, 0.25) is 5.88 Å². The van der Waals surface area contributed by atoms with Gasteiger partial charge in [0.25, 0.3) is 0 Å². The fourth-order valence-corrected chi connectivity index (χ4v) is 3.22. The Morgan fingerprint density at radius 2 is 2.25 bits per heavy atom. The molecule has 6 nitrogen and oxygen atoms in total. The molecule has 0 spiro atoms. The molecule has 0 fully saturated rings. The minimum atomic E-state index is -0.899. The molecule has 110 valence electrons. The maximum absolute atomic E-state index is 11.5. The quantitative estimate of drug-likeness (QED) is 0.756. The summed E-state index contributed by atoms with van der Waals surface area (Å²) in [5.74, 6) is 2.25. The Bertz CT molecular complexity index is 631. The average Bonchev–Trinajstić information content (AvgIpc) is 2.76. The molecule has 0 saturated carbocycles. The SMILES string of the molecule is COc1ncnc2c1nc(CCCl)n2C(C)CS(C)=O. The van der Waals surface area contributed by atoms with Crippen LogP contribution in [0.25, 0.3) is 11.2 Å². The van der Waals surface area contributed by atoms with Gasteiger partial charge in [-0.3, -0.25) is 4.21 Å². The van der Waals surface area contributed by atoms with E-state index in [-0.39, 0.29) is 6.04 Å². The van der Waals surface area contributed by atoms with E-state index in [2.05, 4.69) is 15.0 Å². The second-order valence-corrected chi connectivity index (χ2v) is 6.34. The van der Waals surface area contributed by atoms with E-state index in [0.29, 0.717) is 35.1 Å². The monoisotopic (exact) mass is 316 g/mol. The van der Waals surface area contributed by atoms with Gasteiger partial charge >= 0.3 is 0 Å². The Labute approximate surface area is 125 Å². The van der Waals surface area contributed by atoms with Gasteiger partial charge in [-0.1, -0.05) is 0 Å². The van der Waals surface area contributed by atoms with Gasteiger partial charge in [-0.15, -0.1) is 11.6 Å². The third kappa shape index (κ3) is 2.93. The summed E-state index contributed by atoms with van der Waals surface area (Å²) in [5.41, 5.74) is 1.30. The summed E-state index contributed by atoms with van der Waals surface area (Å²) in [4.78, 5) is 12.9.